The van der Waals surface area contributed by atoms with Crippen molar-refractivity contribution in [1.82, 2.24) is 9.97 Å². The van der Waals surface area contributed by atoms with Crippen LogP contribution < -0.4 is 16.2 Å². The monoisotopic (exact) mass is 240 g/mol. The average Bonchev–Trinajstić information content (AvgIpc) is 2.51. The zero-order valence-electron chi connectivity index (χ0n) is 8.07. The van der Waals surface area contributed by atoms with Gasteiger partial charge in [-0.2, -0.15) is 0 Å². The van der Waals surface area contributed by atoms with E-state index in [1.54, 1.807) is 0 Å². The van der Waals surface area contributed by atoms with Gasteiger partial charge in [0.2, 0.25) is 5.91 Å². The Morgan fingerprint density at radius 1 is 1.25 bits per heavy atom. The van der Waals surface area contributed by atoms with Gasteiger partial charge in [-0.1, -0.05) is 0 Å². The summed E-state index contributed by atoms with van der Waals surface area (Å²) in [5, 5.41) is 0. The first kappa shape index (κ1) is 10.6. The van der Waals surface area contributed by atoms with E-state index < -0.39 is 11.5 Å². The van der Waals surface area contributed by atoms with Crippen molar-refractivity contribution in [3.05, 3.63) is 15.1 Å². The Kier molecular flexibility index (Phi) is 2.35. The van der Waals surface area contributed by atoms with Crippen molar-refractivity contribution >= 4 is 35.4 Å². The number of amides is 1. The number of nitrogen functional groups attached to an aromatic ring is 1. The summed E-state index contributed by atoms with van der Waals surface area (Å²) in [6.07, 6.45) is -0.174. The summed E-state index contributed by atoms with van der Waals surface area (Å²) in [6, 6.07) is 0. The van der Waals surface area contributed by atoms with Gasteiger partial charge in [0.1, 0.15) is 11.5 Å². The van der Waals surface area contributed by atoms with Gasteiger partial charge in [0.25, 0.3) is 5.56 Å². The molecule has 0 aromatic carbocycles. The van der Waals surface area contributed by atoms with Crippen LogP contribution in [-0.4, -0.2) is 28.2 Å². The van der Waals surface area contributed by atoms with Gasteiger partial charge in [0.05, 0.1) is 13.0 Å². The van der Waals surface area contributed by atoms with Crippen LogP contribution in [-0.2, 0) is 9.59 Å². The maximum absolute atomic E-state index is 11.4. The summed E-state index contributed by atoms with van der Waals surface area (Å²) in [6.45, 7) is -0.0856. The molecule has 1 fully saturated rings. The second-order valence-electron chi connectivity index (χ2n) is 3.37. The molecule has 7 nitrogen and oxygen atoms in total. The lowest BCUT2D eigenvalue weighted by Gasteiger charge is -2.15. The summed E-state index contributed by atoms with van der Waals surface area (Å²) in [7, 11) is 0. The standard InChI is InChI=1S/C8H8N4O3S/c9-5-6(10-8(16)11-7(5)15)12-2-3(13)1-4(12)14/h1-2,9H2,(H2,10,11,15,16). The number of anilines is 2. The molecule has 1 saturated heterocycles. The largest absolute Gasteiger partial charge is 0.391 e. The van der Waals surface area contributed by atoms with Crippen LogP contribution in [0.3, 0.4) is 0 Å². The molecule has 84 valence electrons. The Morgan fingerprint density at radius 2 is 1.94 bits per heavy atom. The minimum absolute atomic E-state index is 0.0568. The van der Waals surface area contributed by atoms with Gasteiger partial charge in [-0.3, -0.25) is 24.3 Å². The molecule has 1 aromatic heterocycles. The predicted octanol–water partition coefficient (Wildman–Crippen LogP) is -0.680. The number of H-pyrrole nitrogens is 2. The molecule has 0 saturated carbocycles. The maximum Gasteiger partial charge on any atom is 0.277 e. The van der Waals surface area contributed by atoms with Gasteiger partial charge in [0.15, 0.2) is 10.6 Å². The molecule has 2 heterocycles. The van der Waals surface area contributed by atoms with Crippen LogP contribution in [0.2, 0.25) is 0 Å². The topological polar surface area (TPSA) is 112 Å². The first-order valence-electron chi connectivity index (χ1n) is 4.43. The van der Waals surface area contributed by atoms with Crippen LogP contribution in [0.1, 0.15) is 6.42 Å². The summed E-state index contributed by atoms with van der Waals surface area (Å²) in [4.78, 5) is 39.9. The van der Waals surface area contributed by atoms with Gasteiger partial charge < -0.3 is 10.7 Å². The van der Waals surface area contributed by atoms with Gasteiger partial charge in [-0.25, -0.2) is 0 Å². The van der Waals surface area contributed by atoms with Crippen molar-refractivity contribution in [3.63, 3.8) is 0 Å². The average molecular weight is 240 g/mol. The summed E-state index contributed by atoms with van der Waals surface area (Å²) in [5.74, 6) is -0.526. The van der Waals surface area contributed by atoms with Gasteiger partial charge in [-0.15, -0.1) is 0 Å². The highest BCUT2D eigenvalue weighted by Crippen LogP contribution is 2.20. The molecule has 1 amide bonds. The van der Waals surface area contributed by atoms with Crippen molar-refractivity contribution < 1.29 is 9.59 Å². The highest BCUT2D eigenvalue weighted by atomic mass is 32.1. The number of aromatic nitrogens is 2. The van der Waals surface area contributed by atoms with Gasteiger partial charge in [0, 0.05) is 0 Å². The number of carbonyl (C=O) groups is 2. The van der Waals surface area contributed by atoms with Crippen LogP contribution in [0.4, 0.5) is 11.5 Å². The lowest BCUT2D eigenvalue weighted by Crippen LogP contribution is -2.29. The normalized spacial score (nSPS) is 15.9. The van der Waals surface area contributed by atoms with Crippen LogP contribution in [0.5, 0.6) is 0 Å². The second-order valence-corrected chi connectivity index (χ2v) is 3.77. The van der Waals surface area contributed by atoms with E-state index in [2.05, 4.69) is 9.97 Å². The van der Waals surface area contributed by atoms with Crippen molar-refractivity contribution in [3.8, 4) is 0 Å². The predicted molar refractivity (Wildman–Crippen MR) is 58.6 cm³/mol. The number of Topliss-reactive ketones (excluding diaryl/α,β-unsaturated/α-hetero) is 1. The van der Waals surface area contributed by atoms with E-state index in [-0.39, 0.29) is 35.0 Å². The fourth-order valence-corrected chi connectivity index (χ4v) is 1.67. The van der Waals surface area contributed by atoms with E-state index in [1.165, 1.54) is 0 Å². The lowest BCUT2D eigenvalue weighted by atomic mass is 10.3. The minimum atomic E-state index is -0.578. The Labute approximate surface area is 94.3 Å². The number of nitrogens with zero attached hydrogens (tertiary/aromatic N) is 1. The van der Waals surface area contributed by atoms with Crippen molar-refractivity contribution in [2.75, 3.05) is 17.2 Å². The van der Waals surface area contributed by atoms with E-state index >= 15 is 0 Å². The molecule has 16 heavy (non-hydrogen) atoms. The fraction of sp³-hybridized carbons (Fsp3) is 0.250. The second kappa shape index (κ2) is 3.56. The van der Waals surface area contributed by atoms with Crippen LogP contribution >= 0.6 is 12.2 Å². The van der Waals surface area contributed by atoms with Gasteiger partial charge in [-0.05, 0) is 12.2 Å². The third kappa shape index (κ3) is 1.63. The fourth-order valence-electron chi connectivity index (χ4n) is 1.49. The highest BCUT2D eigenvalue weighted by molar-refractivity contribution is 7.71. The smallest absolute Gasteiger partial charge is 0.277 e. The number of nitrogens with two attached hydrogens (primary N) is 1. The molecule has 1 aliphatic heterocycles. The highest BCUT2D eigenvalue weighted by Gasteiger charge is 2.30. The quantitative estimate of drug-likeness (QED) is 0.445. The van der Waals surface area contributed by atoms with E-state index in [9.17, 15) is 14.4 Å². The first-order valence-corrected chi connectivity index (χ1v) is 4.84. The molecule has 1 aliphatic rings. The van der Waals surface area contributed by atoms with E-state index in [1.807, 2.05) is 0 Å². The van der Waals surface area contributed by atoms with Crippen LogP contribution in [0, 0.1) is 4.77 Å². The van der Waals surface area contributed by atoms with Crippen molar-refractivity contribution in [2.24, 2.45) is 0 Å². The molecule has 0 atom stereocenters. The van der Waals surface area contributed by atoms with E-state index in [4.69, 9.17) is 18.0 Å². The molecular formula is C8H8N4O3S. The molecule has 4 N–H and O–H groups in total. The first-order chi connectivity index (χ1) is 7.49. The number of hydrogen-bond donors (Lipinski definition) is 3. The number of ketones is 1. The van der Waals surface area contributed by atoms with Crippen molar-refractivity contribution in [2.45, 2.75) is 6.42 Å². The number of hydrogen-bond acceptors (Lipinski definition) is 5. The van der Waals surface area contributed by atoms with Gasteiger partial charge >= 0.3 is 0 Å². The lowest BCUT2D eigenvalue weighted by molar-refractivity contribution is -0.121. The maximum atomic E-state index is 11.4. The summed E-state index contributed by atoms with van der Waals surface area (Å²) >= 11 is 4.76. The molecule has 8 heteroatoms. The van der Waals surface area contributed by atoms with Crippen LogP contribution in [0.25, 0.3) is 0 Å². The number of carbonyl (C=O) groups excluding carboxylic acids is 2. The zero-order valence-corrected chi connectivity index (χ0v) is 8.89. The molecule has 0 radical (unpaired) electrons. The molecule has 0 spiro atoms. The van der Waals surface area contributed by atoms with Crippen molar-refractivity contribution in [1.29, 1.82) is 0 Å². The third-order valence-electron chi connectivity index (χ3n) is 2.21. The molecular weight excluding hydrogens is 232 g/mol. The number of nitrogens with one attached hydrogen (secondary N) is 2. The molecule has 0 aliphatic carbocycles. The summed E-state index contributed by atoms with van der Waals surface area (Å²) < 4.78 is 0.0568. The van der Waals surface area contributed by atoms with E-state index in [0.29, 0.717) is 0 Å². The number of aromatic amines is 2. The minimum Gasteiger partial charge on any atom is -0.391 e. The Balaban J connectivity index is 2.57. The van der Waals surface area contributed by atoms with E-state index in [0.717, 1.165) is 4.90 Å². The molecule has 1 aromatic rings. The Bertz CT molecular complexity index is 588. The molecule has 0 unspecified atom stereocenters. The summed E-state index contributed by atoms with van der Waals surface area (Å²) in [5.41, 5.74) is 4.78. The third-order valence-corrected chi connectivity index (χ3v) is 2.42. The SMILES string of the molecule is Nc1c(N2CC(=O)CC2=O)[nH]c(=S)[nH]c1=O. The number of rotatable bonds is 1. The Hall–Kier alpha value is -1.96. The zero-order chi connectivity index (χ0) is 11.9. The molecule has 2 rings (SSSR count). The van der Waals surface area contributed by atoms with Crippen LogP contribution in [0.15, 0.2) is 4.79 Å². The Morgan fingerprint density at radius 3 is 2.50 bits per heavy atom. The molecule has 0 bridgehead atoms.